The van der Waals surface area contributed by atoms with E-state index in [4.69, 9.17) is 4.74 Å². The van der Waals surface area contributed by atoms with Gasteiger partial charge in [0, 0.05) is 38.4 Å². The van der Waals surface area contributed by atoms with Crippen LogP contribution < -0.4 is 0 Å². The second-order valence-corrected chi connectivity index (χ2v) is 7.33. The molecule has 0 spiro atoms. The van der Waals surface area contributed by atoms with Crippen molar-refractivity contribution < 1.29 is 9.53 Å². The lowest BCUT2D eigenvalue weighted by atomic mass is 9.90. The number of ether oxygens (including phenoxy) is 1. The number of carbonyl (C=O) groups is 1. The van der Waals surface area contributed by atoms with Crippen molar-refractivity contribution in [2.24, 2.45) is 7.05 Å². The van der Waals surface area contributed by atoms with Crippen molar-refractivity contribution in [1.82, 2.24) is 14.5 Å². The predicted molar refractivity (Wildman–Crippen MR) is 90.5 cm³/mol. The molecule has 2 aromatic rings. The van der Waals surface area contributed by atoms with Gasteiger partial charge in [0.15, 0.2) is 0 Å². The SMILES string of the molecule is Cn1ccc2nccc(C3CCCN(C(=O)OC(C)(C)C)C3)c21. The Morgan fingerprint density at radius 2 is 2.13 bits per heavy atom. The van der Waals surface area contributed by atoms with E-state index >= 15 is 0 Å². The lowest BCUT2D eigenvalue weighted by Gasteiger charge is -2.34. The highest BCUT2D eigenvalue weighted by Crippen LogP contribution is 2.32. The minimum absolute atomic E-state index is 0.209. The first-order valence-corrected chi connectivity index (χ1v) is 8.23. The number of likely N-dealkylation sites (tertiary alicyclic amines) is 1. The van der Waals surface area contributed by atoms with Crippen molar-refractivity contribution >= 4 is 17.1 Å². The molecule has 0 saturated carbocycles. The van der Waals surface area contributed by atoms with Crippen LogP contribution in [0.2, 0.25) is 0 Å². The number of rotatable bonds is 1. The van der Waals surface area contributed by atoms with Crippen molar-refractivity contribution in [3.63, 3.8) is 0 Å². The highest BCUT2D eigenvalue weighted by Gasteiger charge is 2.29. The van der Waals surface area contributed by atoms with Gasteiger partial charge in [-0.1, -0.05) is 0 Å². The number of pyridine rings is 1. The molecular weight excluding hydrogens is 290 g/mol. The Hall–Kier alpha value is -2.04. The molecule has 1 aliphatic heterocycles. The van der Waals surface area contributed by atoms with Gasteiger partial charge in [0.25, 0.3) is 0 Å². The average molecular weight is 315 g/mol. The third-order valence-corrected chi connectivity index (χ3v) is 4.31. The van der Waals surface area contributed by atoms with Crippen LogP contribution in [0.1, 0.15) is 45.1 Å². The van der Waals surface area contributed by atoms with Crippen molar-refractivity contribution in [3.05, 3.63) is 30.1 Å². The van der Waals surface area contributed by atoms with E-state index in [-0.39, 0.29) is 6.09 Å². The maximum absolute atomic E-state index is 12.4. The molecule has 5 heteroatoms. The minimum atomic E-state index is -0.452. The normalized spacial score (nSPS) is 19.1. The van der Waals surface area contributed by atoms with E-state index in [0.717, 1.165) is 24.9 Å². The predicted octanol–water partition coefficient (Wildman–Crippen LogP) is 3.69. The number of hydrogen-bond acceptors (Lipinski definition) is 3. The molecule has 1 unspecified atom stereocenters. The average Bonchev–Trinajstić information content (AvgIpc) is 2.87. The number of aryl methyl sites for hydroxylation is 1. The summed E-state index contributed by atoms with van der Waals surface area (Å²) in [5.74, 6) is 0.329. The van der Waals surface area contributed by atoms with Gasteiger partial charge in [-0.05, 0) is 51.3 Å². The van der Waals surface area contributed by atoms with Crippen LogP contribution in [-0.2, 0) is 11.8 Å². The monoisotopic (exact) mass is 315 g/mol. The van der Waals surface area contributed by atoms with E-state index in [1.165, 1.54) is 11.1 Å². The van der Waals surface area contributed by atoms with Crippen LogP contribution in [0.5, 0.6) is 0 Å². The van der Waals surface area contributed by atoms with E-state index < -0.39 is 5.60 Å². The summed E-state index contributed by atoms with van der Waals surface area (Å²) in [4.78, 5) is 18.6. The summed E-state index contributed by atoms with van der Waals surface area (Å²) in [7, 11) is 2.04. The molecule has 0 radical (unpaired) electrons. The highest BCUT2D eigenvalue weighted by molar-refractivity contribution is 5.80. The number of hydrogen-bond donors (Lipinski definition) is 0. The summed E-state index contributed by atoms with van der Waals surface area (Å²) < 4.78 is 7.64. The van der Waals surface area contributed by atoms with Crippen molar-refractivity contribution in [2.75, 3.05) is 13.1 Å². The largest absolute Gasteiger partial charge is 0.444 e. The van der Waals surface area contributed by atoms with Gasteiger partial charge < -0.3 is 14.2 Å². The summed E-state index contributed by atoms with van der Waals surface area (Å²) in [5, 5.41) is 0. The van der Waals surface area contributed by atoms with Crippen molar-refractivity contribution in [1.29, 1.82) is 0 Å². The molecule has 0 aliphatic carbocycles. The van der Waals surface area contributed by atoms with E-state index in [0.29, 0.717) is 12.5 Å². The molecule has 3 heterocycles. The second kappa shape index (κ2) is 5.87. The van der Waals surface area contributed by atoms with Crippen LogP contribution in [0.25, 0.3) is 11.0 Å². The summed E-state index contributed by atoms with van der Waals surface area (Å²) in [6.07, 6.45) is 5.78. The maximum atomic E-state index is 12.4. The van der Waals surface area contributed by atoms with Crippen molar-refractivity contribution in [3.8, 4) is 0 Å². The van der Waals surface area contributed by atoms with Gasteiger partial charge in [0.1, 0.15) is 5.60 Å². The fraction of sp³-hybridized carbons (Fsp3) is 0.556. The fourth-order valence-corrected chi connectivity index (χ4v) is 3.30. The molecule has 1 aliphatic rings. The number of amides is 1. The number of carbonyl (C=O) groups excluding carboxylic acids is 1. The Labute approximate surface area is 137 Å². The van der Waals surface area contributed by atoms with Crippen LogP contribution in [0.15, 0.2) is 24.5 Å². The lowest BCUT2D eigenvalue weighted by Crippen LogP contribution is -2.42. The van der Waals surface area contributed by atoms with Gasteiger partial charge in [-0.15, -0.1) is 0 Å². The lowest BCUT2D eigenvalue weighted by molar-refractivity contribution is 0.0198. The highest BCUT2D eigenvalue weighted by atomic mass is 16.6. The first-order chi connectivity index (χ1) is 10.8. The number of nitrogens with zero attached hydrogens (tertiary/aromatic N) is 3. The molecule has 1 amide bonds. The molecule has 0 N–H and O–H groups in total. The van der Waals surface area contributed by atoms with E-state index in [1.54, 1.807) is 0 Å². The van der Waals surface area contributed by atoms with Gasteiger partial charge in [-0.3, -0.25) is 4.98 Å². The van der Waals surface area contributed by atoms with Gasteiger partial charge in [0.05, 0.1) is 11.0 Å². The standard InChI is InChI=1S/C18H25N3O2/c1-18(2,3)23-17(22)21-10-5-6-13(12-21)14-7-9-19-15-8-11-20(4)16(14)15/h7-9,11,13H,5-6,10,12H2,1-4H3. The smallest absolute Gasteiger partial charge is 0.410 e. The summed E-state index contributed by atoms with van der Waals surface area (Å²) in [6.45, 7) is 7.19. The number of piperidine rings is 1. The first kappa shape index (κ1) is 15.8. The molecule has 2 aromatic heterocycles. The Bertz CT molecular complexity index is 715. The summed E-state index contributed by atoms with van der Waals surface area (Å²) >= 11 is 0. The van der Waals surface area contributed by atoms with Crippen LogP contribution >= 0.6 is 0 Å². The van der Waals surface area contributed by atoms with E-state index in [9.17, 15) is 4.79 Å². The first-order valence-electron chi connectivity index (χ1n) is 8.23. The molecule has 5 nitrogen and oxygen atoms in total. The molecule has 3 rings (SSSR count). The van der Waals surface area contributed by atoms with Crippen LogP contribution in [0, 0.1) is 0 Å². The van der Waals surface area contributed by atoms with Gasteiger partial charge >= 0.3 is 6.09 Å². The molecule has 23 heavy (non-hydrogen) atoms. The van der Waals surface area contributed by atoms with Gasteiger partial charge in [0.2, 0.25) is 0 Å². The Morgan fingerprint density at radius 1 is 1.35 bits per heavy atom. The zero-order valence-corrected chi connectivity index (χ0v) is 14.4. The van der Waals surface area contributed by atoms with Crippen LogP contribution in [0.4, 0.5) is 4.79 Å². The van der Waals surface area contributed by atoms with Gasteiger partial charge in [-0.2, -0.15) is 0 Å². The van der Waals surface area contributed by atoms with E-state index in [1.807, 2.05) is 51.2 Å². The molecule has 0 bridgehead atoms. The zero-order valence-electron chi connectivity index (χ0n) is 14.4. The molecule has 0 aromatic carbocycles. The third kappa shape index (κ3) is 3.33. The molecule has 1 atom stereocenters. The number of aromatic nitrogens is 2. The summed E-state index contributed by atoms with van der Waals surface area (Å²) in [5.41, 5.74) is 3.00. The Balaban J connectivity index is 1.83. The molecule has 1 fully saturated rings. The Morgan fingerprint density at radius 3 is 2.87 bits per heavy atom. The van der Waals surface area contributed by atoms with Crippen LogP contribution in [0.3, 0.4) is 0 Å². The fourth-order valence-electron chi connectivity index (χ4n) is 3.30. The maximum Gasteiger partial charge on any atom is 0.410 e. The Kier molecular flexibility index (Phi) is 4.04. The molecule has 1 saturated heterocycles. The van der Waals surface area contributed by atoms with Crippen LogP contribution in [-0.4, -0.2) is 39.2 Å². The number of fused-ring (bicyclic) bond motifs is 1. The van der Waals surface area contributed by atoms with Gasteiger partial charge in [-0.25, -0.2) is 4.79 Å². The molecule has 124 valence electrons. The van der Waals surface area contributed by atoms with E-state index in [2.05, 4.69) is 15.6 Å². The second-order valence-electron chi connectivity index (χ2n) is 7.33. The quantitative estimate of drug-likeness (QED) is 0.806. The topological polar surface area (TPSA) is 47.4 Å². The summed E-state index contributed by atoms with van der Waals surface area (Å²) in [6, 6.07) is 4.12. The van der Waals surface area contributed by atoms with Crippen molar-refractivity contribution in [2.45, 2.75) is 45.1 Å². The third-order valence-electron chi connectivity index (χ3n) is 4.31. The molecular formula is C18H25N3O2. The zero-order chi connectivity index (χ0) is 16.6. The minimum Gasteiger partial charge on any atom is -0.444 e.